The van der Waals surface area contributed by atoms with Crippen molar-refractivity contribution < 1.29 is 9.13 Å². The first-order valence-electron chi connectivity index (χ1n) is 10.7. The minimum Gasteiger partial charge on any atom is -0.380 e. The Morgan fingerprint density at radius 2 is 1.60 bits per heavy atom. The van der Waals surface area contributed by atoms with Crippen LogP contribution in [0.1, 0.15) is 41.5 Å². The summed E-state index contributed by atoms with van der Waals surface area (Å²) in [6, 6.07) is 13.9. The predicted octanol–water partition coefficient (Wildman–Crippen LogP) is 3.82. The average molecular weight is 413 g/mol. The van der Waals surface area contributed by atoms with Gasteiger partial charge >= 0.3 is 0 Å². The summed E-state index contributed by atoms with van der Waals surface area (Å²) < 4.78 is 18.8. The number of ether oxygens (including phenoxy) is 1. The van der Waals surface area contributed by atoms with Crippen LogP contribution in [0.3, 0.4) is 0 Å². The van der Waals surface area contributed by atoms with Gasteiger partial charge in [-0.2, -0.15) is 0 Å². The van der Waals surface area contributed by atoms with E-state index in [4.69, 9.17) is 4.74 Å². The second-order valence-corrected chi connectivity index (χ2v) is 7.79. The highest BCUT2D eigenvalue weighted by Crippen LogP contribution is 2.14. The van der Waals surface area contributed by atoms with E-state index in [9.17, 15) is 4.39 Å². The van der Waals surface area contributed by atoms with Gasteiger partial charge in [-0.1, -0.05) is 36.8 Å². The SMILES string of the molecule is CN=C(NCc1ccc(CN2CCCCC2)cc1)NCc1ccc(F)c(COC)c1. The van der Waals surface area contributed by atoms with E-state index in [1.807, 2.05) is 6.07 Å². The third-order valence-electron chi connectivity index (χ3n) is 5.43. The van der Waals surface area contributed by atoms with Gasteiger partial charge in [0, 0.05) is 39.4 Å². The van der Waals surface area contributed by atoms with Crippen LogP contribution in [0.2, 0.25) is 0 Å². The van der Waals surface area contributed by atoms with E-state index in [0.717, 1.165) is 12.1 Å². The number of nitrogens with zero attached hydrogens (tertiary/aromatic N) is 2. The number of hydrogen-bond acceptors (Lipinski definition) is 3. The minimum absolute atomic E-state index is 0.244. The molecular weight excluding hydrogens is 379 g/mol. The molecule has 1 aliphatic heterocycles. The van der Waals surface area contributed by atoms with Crippen molar-refractivity contribution >= 4 is 5.96 Å². The lowest BCUT2D eigenvalue weighted by atomic mass is 10.1. The number of piperidine rings is 1. The van der Waals surface area contributed by atoms with Crippen LogP contribution in [0.4, 0.5) is 4.39 Å². The number of guanidine groups is 1. The van der Waals surface area contributed by atoms with E-state index in [-0.39, 0.29) is 12.4 Å². The first-order valence-corrected chi connectivity index (χ1v) is 10.7. The summed E-state index contributed by atoms with van der Waals surface area (Å²) >= 11 is 0. The van der Waals surface area contributed by atoms with Gasteiger partial charge < -0.3 is 15.4 Å². The Bertz CT molecular complexity index is 816. The molecule has 30 heavy (non-hydrogen) atoms. The Hall–Kier alpha value is -2.44. The van der Waals surface area contributed by atoms with Crippen molar-refractivity contribution in [1.82, 2.24) is 15.5 Å². The fourth-order valence-electron chi connectivity index (χ4n) is 3.73. The highest BCUT2D eigenvalue weighted by Gasteiger charge is 2.10. The van der Waals surface area contributed by atoms with E-state index in [0.29, 0.717) is 24.6 Å². The van der Waals surface area contributed by atoms with Crippen molar-refractivity contribution in [3.8, 4) is 0 Å². The van der Waals surface area contributed by atoms with Crippen molar-refractivity contribution in [1.29, 1.82) is 0 Å². The van der Waals surface area contributed by atoms with Crippen molar-refractivity contribution in [3.63, 3.8) is 0 Å². The van der Waals surface area contributed by atoms with Gasteiger partial charge in [0.2, 0.25) is 0 Å². The number of hydrogen-bond donors (Lipinski definition) is 2. The topological polar surface area (TPSA) is 48.9 Å². The molecule has 3 rings (SSSR count). The Balaban J connectivity index is 1.46. The molecule has 0 radical (unpaired) electrons. The van der Waals surface area contributed by atoms with Gasteiger partial charge in [0.15, 0.2) is 5.96 Å². The zero-order valence-corrected chi connectivity index (χ0v) is 18.1. The zero-order valence-electron chi connectivity index (χ0n) is 18.1. The maximum absolute atomic E-state index is 13.8. The lowest BCUT2D eigenvalue weighted by Crippen LogP contribution is -2.36. The van der Waals surface area contributed by atoms with Gasteiger partial charge in [0.05, 0.1) is 6.61 Å². The number of likely N-dealkylation sites (tertiary alicyclic amines) is 1. The van der Waals surface area contributed by atoms with Crippen LogP contribution < -0.4 is 10.6 Å². The van der Waals surface area contributed by atoms with Crippen LogP contribution in [0.15, 0.2) is 47.5 Å². The normalized spacial score (nSPS) is 15.2. The highest BCUT2D eigenvalue weighted by molar-refractivity contribution is 5.79. The maximum atomic E-state index is 13.8. The van der Waals surface area contributed by atoms with Crippen molar-refractivity contribution in [2.75, 3.05) is 27.2 Å². The molecule has 1 fully saturated rings. The van der Waals surface area contributed by atoms with E-state index >= 15 is 0 Å². The first-order chi connectivity index (χ1) is 14.7. The lowest BCUT2D eigenvalue weighted by Gasteiger charge is -2.26. The summed E-state index contributed by atoms with van der Waals surface area (Å²) in [4.78, 5) is 6.82. The molecule has 0 aliphatic carbocycles. The molecular formula is C24H33FN4O. The Kier molecular flexibility index (Phi) is 8.66. The molecule has 1 aliphatic rings. The summed E-state index contributed by atoms with van der Waals surface area (Å²) in [7, 11) is 3.31. The molecule has 0 spiro atoms. The molecule has 0 atom stereocenters. The predicted molar refractivity (Wildman–Crippen MR) is 120 cm³/mol. The number of nitrogens with one attached hydrogen (secondary N) is 2. The van der Waals surface area contributed by atoms with Crippen molar-refractivity contribution in [2.24, 2.45) is 4.99 Å². The van der Waals surface area contributed by atoms with E-state index < -0.39 is 0 Å². The molecule has 2 aromatic carbocycles. The third kappa shape index (κ3) is 6.82. The van der Waals surface area contributed by atoms with Crippen LogP contribution in [0, 0.1) is 5.82 Å². The van der Waals surface area contributed by atoms with E-state index in [1.165, 1.54) is 49.5 Å². The van der Waals surface area contributed by atoms with Crippen LogP contribution in [0.5, 0.6) is 0 Å². The molecule has 2 aromatic rings. The molecule has 0 unspecified atom stereocenters. The molecule has 0 saturated carbocycles. The summed E-state index contributed by atoms with van der Waals surface area (Å²) in [5, 5.41) is 6.62. The Morgan fingerprint density at radius 3 is 2.27 bits per heavy atom. The number of methoxy groups -OCH3 is 1. The molecule has 2 N–H and O–H groups in total. The summed E-state index contributed by atoms with van der Waals surface area (Å²) in [5.41, 5.74) is 4.12. The number of aliphatic imine (C=N–C) groups is 1. The average Bonchev–Trinajstić information content (AvgIpc) is 2.78. The van der Waals surface area contributed by atoms with Crippen LogP contribution >= 0.6 is 0 Å². The van der Waals surface area contributed by atoms with Crippen LogP contribution in [-0.4, -0.2) is 38.1 Å². The van der Waals surface area contributed by atoms with Crippen molar-refractivity contribution in [3.05, 3.63) is 70.5 Å². The summed E-state index contributed by atoms with van der Waals surface area (Å²) in [5.74, 6) is 0.469. The monoisotopic (exact) mass is 412 g/mol. The molecule has 5 nitrogen and oxygen atoms in total. The number of benzene rings is 2. The van der Waals surface area contributed by atoms with Gasteiger partial charge in [-0.05, 0) is 54.8 Å². The Morgan fingerprint density at radius 1 is 0.967 bits per heavy atom. The molecule has 0 aromatic heterocycles. The molecule has 0 amide bonds. The molecule has 162 valence electrons. The van der Waals surface area contributed by atoms with Crippen LogP contribution in [-0.2, 0) is 31.0 Å². The summed E-state index contributed by atoms with van der Waals surface area (Å²) in [6.07, 6.45) is 4.01. The first kappa shape index (κ1) is 22.2. The van der Waals surface area contributed by atoms with Crippen LogP contribution in [0.25, 0.3) is 0 Å². The minimum atomic E-state index is -0.244. The van der Waals surface area contributed by atoms with Gasteiger partial charge in [-0.25, -0.2) is 4.39 Å². The highest BCUT2D eigenvalue weighted by atomic mass is 19.1. The standard InChI is InChI=1S/C24H33FN4O/c1-26-24(28-16-21-10-11-23(25)22(14-21)18-30-2)27-15-19-6-8-20(9-7-19)17-29-12-4-3-5-13-29/h6-11,14H,3-5,12-13,15-18H2,1-2H3,(H2,26,27,28). The number of halogens is 1. The second kappa shape index (κ2) is 11.7. The quantitative estimate of drug-likeness (QED) is 0.511. The molecule has 1 saturated heterocycles. The van der Waals surface area contributed by atoms with E-state index in [1.54, 1.807) is 20.2 Å². The Labute approximate surface area is 179 Å². The van der Waals surface area contributed by atoms with Gasteiger partial charge in [-0.3, -0.25) is 9.89 Å². The maximum Gasteiger partial charge on any atom is 0.191 e. The second-order valence-electron chi connectivity index (χ2n) is 7.79. The fraction of sp³-hybridized carbons (Fsp3) is 0.458. The smallest absolute Gasteiger partial charge is 0.191 e. The largest absolute Gasteiger partial charge is 0.380 e. The molecule has 0 bridgehead atoms. The van der Waals surface area contributed by atoms with E-state index in [2.05, 4.69) is 44.8 Å². The lowest BCUT2D eigenvalue weighted by molar-refractivity contribution is 0.181. The van der Waals surface area contributed by atoms with Gasteiger partial charge in [0.1, 0.15) is 5.82 Å². The zero-order chi connectivity index (χ0) is 21.2. The molecule has 1 heterocycles. The number of rotatable bonds is 8. The fourth-order valence-corrected chi connectivity index (χ4v) is 3.73. The third-order valence-corrected chi connectivity index (χ3v) is 5.43. The summed E-state index contributed by atoms with van der Waals surface area (Å²) in [6.45, 7) is 4.99. The van der Waals surface area contributed by atoms with Crippen molar-refractivity contribution in [2.45, 2.75) is 45.5 Å². The van der Waals surface area contributed by atoms with Gasteiger partial charge in [-0.15, -0.1) is 0 Å². The van der Waals surface area contributed by atoms with Gasteiger partial charge in [0.25, 0.3) is 0 Å². The molecule has 6 heteroatoms.